The average Bonchev–Trinajstić information content (AvgIpc) is 2.50. The maximum Gasteiger partial charge on any atom is 0.501 e. The molecule has 7 heteroatoms. The Morgan fingerprint density at radius 1 is 1.36 bits per heavy atom. The lowest BCUT2D eigenvalue weighted by Gasteiger charge is -2.01. The largest absolute Gasteiger partial charge is 0.501 e. The maximum absolute atomic E-state index is 11.8. The number of alkyl halides is 3. The summed E-state index contributed by atoms with van der Waals surface area (Å²) < 4.78 is 56.6. The minimum Gasteiger partial charge on any atom is -0.215 e. The summed E-state index contributed by atoms with van der Waals surface area (Å²) in [6.07, 6.45) is 0.924. The van der Waals surface area contributed by atoms with Crippen LogP contribution in [0.4, 0.5) is 13.2 Å². The molecule has 0 N–H and O–H groups in total. The first-order chi connectivity index (χ1) is 6.33. The van der Waals surface area contributed by atoms with E-state index in [2.05, 4.69) is 0 Å². The third-order valence-corrected chi connectivity index (χ3v) is 3.25. The molecule has 0 atom stereocenters. The monoisotopic (exact) mass is 242 g/mol. The number of sulfone groups is 1. The van der Waals surface area contributed by atoms with Gasteiger partial charge in [-0.3, -0.25) is 0 Å². The van der Waals surface area contributed by atoms with Crippen molar-refractivity contribution in [2.45, 2.75) is 5.51 Å². The van der Waals surface area contributed by atoms with Gasteiger partial charge in [0.2, 0.25) is 0 Å². The Balaban J connectivity index is 2.90. The van der Waals surface area contributed by atoms with Crippen LogP contribution in [-0.4, -0.2) is 13.9 Å². The molecule has 1 aromatic heterocycles. The van der Waals surface area contributed by atoms with Crippen molar-refractivity contribution in [3.05, 3.63) is 27.8 Å². The molecule has 0 aromatic carbocycles. The zero-order valence-electron chi connectivity index (χ0n) is 6.65. The van der Waals surface area contributed by atoms with Gasteiger partial charge in [-0.25, -0.2) is 8.42 Å². The molecule has 2 nitrogen and oxygen atoms in total. The van der Waals surface area contributed by atoms with Crippen LogP contribution < -0.4 is 0 Å². The molecule has 78 valence electrons. The van der Waals surface area contributed by atoms with Crippen LogP contribution in [-0.2, 0) is 9.84 Å². The Bertz CT molecular complexity index is 414. The lowest BCUT2D eigenvalue weighted by Crippen LogP contribution is -2.20. The van der Waals surface area contributed by atoms with E-state index in [1.165, 1.54) is 6.07 Å². The summed E-state index contributed by atoms with van der Waals surface area (Å²) in [5, 5.41) is 1.80. The van der Waals surface area contributed by atoms with Gasteiger partial charge in [-0.2, -0.15) is 13.2 Å². The predicted molar refractivity (Wildman–Crippen MR) is 48.3 cm³/mol. The van der Waals surface area contributed by atoms with Crippen LogP contribution >= 0.6 is 11.3 Å². The fourth-order valence-corrected chi connectivity index (χ4v) is 1.80. The average molecular weight is 242 g/mol. The quantitative estimate of drug-likeness (QED) is 0.799. The summed E-state index contributed by atoms with van der Waals surface area (Å²) in [6.45, 7) is 0. The molecule has 0 aliphatic heterocycles. The zero-order valence-corrected chi connectivity index (χ0v) is 8.29. The van der Waals surface area contributed by atoms with Crippen molar-refractivity contribution >= 4 is 27.3 Å². The number of thiophene rings is 1. The lowest BCUT2D eigenvalue weighted by atomic mass is 10.5. The van der Waals surface area contributed by atoms with Crippen LogP contribution in [0.2, 0.25) is 0 Å². The molecule has 0 unspecified atom stereocenters. The third kappa shape index (κ3) is 2.58. The van der Waals surface area contributed by atoms with Crippen molar-refractivity contribution < 1.29 is 21.6 Å². The van der Waals surface area contributed by atoms with E-state index >= 15 is 0 Å². The van der Waals surface area contributed by atoms with Crippen LogP contribution in [0.5, 0.6) is 0 Å². The van der Waals surface area contributed by atoms with E-state index in [1.807, 2.05) is 0 Å². The predicted octanol–water partition coefficient (Wildman–Crippen LogP) is 2.65. The number of hydrogen-bond acceptors (Lipinski definition) is 3. The smallest absolute Gasteiger partial charge is 0.215 e. The van der Waals surface area contributed by atoms with E-state index in [9.17, 15) is 21.6 Å². The molecule has 0 radical (unpaired) electrons. The van der Waals surface area contributed by atoms with Crippen molar-refractivity contribution in [3.8, 4) is 0 Å². The summed E-state index contributed by atoms with van der Waals surface area (Å²) in [6, 6.07) is 3.14. The Labute approximate surface area is 82.6 Å². The van der Waals surface area contributed by atoms with E-state index in [0.29, 0.717) is 4.88 Å². The fourth-order valence-electron chi connectivity index (χ4n) is 0.620. The van der Waals surface area contributed by atoms with Crippen LogP contribution in [0.1, 0.15) is 4.88 Å². The van der Waals surface area contributed by atoms with E-state index in [1.54, 1.807) is 11.4 Å². The van der Waals surface area contributed by atoms with Gasteiger partial charge >= 0.3 is 5.51 Å². The molecule has 0 aliphatic carbocycles. The lowest BCUT2D eigenvalue weighted by molar-refractivity contribution is -0.0423. The Kier molecular flexibility index (Phi) is 3.01. The fraction of sp³-hybridized carbons (Fsp3) is 0.143. The van der Waals surface area contributed by atoms with Gasteiger partial charge in [-0.1, -0.05) is 6.07 Å². The molecule has 0 saturated heterocycles. The summed E-state index contributed by atoms with van der Waals surface area (Å²) in [4.78, 5) is 0.456. The summed E-state index contributed by atoms with van der Waals surface area (Å²) in [5.41, 5.74) is -5.22. The van der Waals surface area contributed by atoms with Crippen LogP contribution in [0.25, 0.3) is 6.08 Å². The van der Waals surface area contributed by atoms with Gasteiger partial charge < -0.3 is 0 Å². The first-order valence-corrected chi connectivity index (χ1v) is 5.78. The molecule has 0 aliphatic rings. The van der Waals surface area contributed by atoms with Gasteiger partial charge in [-0.05, 0) is 17.5 Å². The highest BCUT2D eigenvalue weighted by atomic mass is 32.2. The SMILES string of the molecule is O=S(=O)(C=Cc1cccs1)C(F)(F)F. The Morgan fingerprint density at radius 2 is 2.00 bits per heavy atom. The summed E-state index contributed by atoms with van der Waals surface area (Å²) >= 11 is 1.16. The van der Waals surface area contributed by atoms with Gasteiger partial charge in [0.1, 0.15) is 0 Å². The second-order valence-electron chi connectivity index (χ2n) is 2.31. The van der Waals surface area contributed by atoms with Crippen molar-refractivity contribution in [2.75, 3.05) is 0 Å². The minimum absolute atomic E-state index is 0.166. The van der Waals surface area contributed by atoms with E-state index < -0.39 is 15.3 Å². The molecular weight excluding hydrogens is 237 g/mol. The van der Waals surface area contributed by atoms with Crippen molar-refractivity contribution in [1.82, 2.24) is 0 Å². The minimum atomic E-state index is -5.22. The second kappa shape index (κ2) is 3.74. The highest BCUT2D eigenvalue weighted by molar-refractivity contribution is 7.95. The van der Waals surface area contributed by atoms with Crippen molar-refractivity contribution in [1.29, 1.82) is 0 Å². The number of halogens is 3. The van der Waals surface area contributed by atoms with Crippen LogP contribution in [0.15, 0.2) is 22.9 Å². The molecule has 0 fully saturated rings. The first kappa shape index (κ1) is 11.3. The van der Waals surface area contributed by atoms with Gasteiger partial charge in [0.25, 0.3) is 9.84 Å². The highest BCUT2D eigenvalue weighted by Gasteiger charge is 2.43. The molecule has 1 rings (SSSR count). The maximum atomic E-state index is 11.8. The molecule has 1 aromatic rings. The van der Waals surface area contributed by atoms with E-state index in [4.69, 9.17) is 0 Å². The van der Waals surface area contributed by atoms with Crippen molar-refractivity contribution in [2.24, 2.45) is 0 Å². The molecule has 0 bridgehead atoms. The number of rotatable bonds is 2. The summed E-state index contributed by atoms with van der Waals surface area (Å²) in [5.74, 6) is 0. The molecule has 14 heavy (non-hydrogen) atoms. The molecule has 0 spiro atoms. The zero-order chi connectivity index (χ0) is 10.8. The van der Waals surface area contributed by atoms with Crippen molar-refractivity contribution in [3.63, 3.8) is 0 Å². The third-order valence-electron chi connectivity index (χ3n) is 1.28. The Hall–Kier alpha value is -0.820. The van der Waals surface area contributed by atoms with Crippen LogP contribution in [0, 0.1) is 0 Å². The van der Waals surface area contributed by atoms with E-state index in [0.717, 1.165) is 17.4 Å². The van der Waals surface area contributed by atoms with Gasteiger partial charge in [0, 0.05) is 10.3 Å². The topological polar surface area (TPSA) is 34.1 Å². The second-order valence-corrected chi connectivity index (χ2v) is 5.11. The molecule has 0 amide bonds. The molecular formula is C7H5F3O2S2. The Morgan fingerprint density at radius 3 is 2.43 bits per heavy atom. The molecule has 1 heterocycles. The highest BCUT2D eigenvalue weighted by Crippen LogP contribution is 2.25. The molecule has 0 saturated carbocycles. The van der Waals surface area contributed by atoms with Gasteiger partial charge in [0.15, 0.2) is 0 Å². The normalized spacial score (nSPS) is 13.6. The van der Waals surface area contributed by atoms with Gasteiger partial charge in [0.05, 0.1) is 0 Å². The summed E-state index contributed by atoms with van der Waals surface area (Å²) in [7, 11) is -5.15. The number of hydrogen-bond donors (Lipinski definition) is 0. The van der Waals surface area contributed by atoms with E-state index in [-0.39, 0.29) is 5.41 Å². The van der Waals surface area contributed by atoms with Gasteiger partial charge in [-0.15, -0.1) is 11.3 Å². The first-order valence-electron chi connectivity index (χ1n) is 3.36. The van der Waals surface area contributed by atoms with Crippen LogP contribution in [0.3, 0.4) is 0 Å². The standard InChI is InChI=1S/C7H5F3O2S2/c8-7(9,10)14(11,12)5-3-6-2-1-4-13-6/h1-5H.